The van der Waals surface area contributed by atoms with E-state index in [4.69, 9.17) is 4.74 Å². The zero-order chi connectivity index (χ0) is 14.7. The van der Waals surface area contributed by atoms with Gasteiger partial charge in [0.25, 0.3) is 5.69 Å². The van der Waals surface area contributed by atoms with E-state index in [2.05, 4.69) is 15.9 Å². The van der Waals surface area contributed by atoms with Gasteiger partial charge in [-0.05, 0) is 40.2 Å². The SMILES string of the molecule is O=Cc1cc(Oc2cc(F)ccc2Br)ccc1[N+](=O)[O-]. The van der Waals surface area contributed by atoms with Crippen molar-refractivity contribution in [1.82, 2.24) is 0 Å². The van der Waals surface area contributed by atoms with Crippen LogP contribution in [-0.4, -0.2) is 11.2 Å². The third-order valence-corrected chi connectivity index (χ3v) is 3.10. The van der Waals surface area contributed by atoms with Crippen LogP contribution >= 0.6 is 15.9 Å². The molecule has 0 saturated carbocycles. The molecule has 0 radical (unpaired) electrons. The zero-order valence-corrected chi connectivity index (χ0v) is 11.5. The first-order valence-corrected chi connectivity index (χ1v) is 6.17. The van der Waals surface area contributed by atoms with Crippen molar-refractivity contribution >= 4 is 27.9 Å². The maximum Gasteiger partial charge on any atom is 0.280 e. The molecule has 2 rings (SSSR count). The summed E-state index contributed by atoms with van der Waals surface area (Å²) in [6.45, 7) is 0. The molecule has 0 amide bonds. The third kappa shape index (κ3) is 3.00. The summed E-state index contributed by atoms with van der Waals surface area (Å²) in [5, 5.41) is 10.7. The normalized spacial score (nSPS) is 10.1. The molecule has 7 heteroatoms. The fourth-order valence-electron chi connectivity index (χ4n) is 1.54. The molecule has 20 heavy (non-hydrogen) atoms. The van der Waals surface area contributed by atoms with E-state index < -0.39 is 10.7 Å². The molecule has 0 aliphatic carbocycles. The van der Waals surface area contributed by atoms with Crippen molar-refractivity contribution in [2.45, 2.75) is 0 Å². The van der Waals surface area contributed by atoms with Crippen LogP contribution in [0, 0.1) is 15.9 Å². The molecule has 0 spiro atoms. The van der Waals surface area contributed by atoms with Gasteiger partial charge in [-0.15, -0.1) is 0 Å². The van der Waals surface area contributed by atoms with Crippen LogP contribution in [-0.2, 0) is 0 Å². The Morgan fingerprint density at radius 3 is 2.65 bits per heavy atom. The molecule has 0 aliphatic rings. The van der Waals surface area contributed by atoms with Crippen molar-refractivity contribution in [3.05, 3.63) is 62.4 Å². The molecule has 0 bridgehead atoms. The number of hydrogen-bond donors (Lipinski definition) is 0. The minimum absolute atomic E-state index is 0.111. The van der Waals surface area contributed by atoms with Crippen LogP contribution in [0.1, 0.15) is 10.4 Å². The highest BCUT2D eigenvalue weighted by molar-refractivity contribution is 9.10. The number of nitrogens with zero attached hydrogens (tertiary/aromatic N) is 1. The Bertz CT molecular complexity index is 690. The lowest BCUT2D eigenvalue weighted by Crippen LogP contribution is -1.95. The maximum atomic E-state index is 13.1. The Morgan fingerprint density at radius 1 is 1.25 bits per heavy atom. The van der Waals surface area contributed by atoms with Gasteiger partial charge in [-0.2, -0.15) is 0 Å². The highest BCUT2D eigenvalue weighted by Gasteiger charge is 2.14. The summed E-state index contributed by atoms with van der Waals surface area (Å²) in [6.07, 6.45) is 0.367. The van der Waals surface area contributed by atoms with Gasteiger partial charge in [0.1, 0.15) is 17.3 Å². The van der Waals surface area contributed by atoms with Gasteiger partial charge in [-0.3, -0.25) is 14.9 Å². The fourth-order valence-corrected chi connectivity index (χ4v) is 1.87. The zero-order valence-electron chi connectivity index (χ0n) is 9.88. The van der Waals surface area contributed by atoms with E-state index in [0.717, 1.165) is 12.1 Å². The van der Waals surface area contributed by atoms with E-state index in [1.807, 2.05) is 0 Å². The Balaban J connectivity index is 2.37. The number of carbonyl (C=O) groups excluding carboxylic acids is 1. The van der Waals surface area contributed by atoms with Crippen molar-refractivity contribution in [2.75, 3.05) is 0 Å². The number of nitro groups is 1. The molecule has 0 heterocycles. The minimum Gasteiger partial charge on any atom is -0.456 e. The molecule has 2 aromatic carbocycles. The summed E-state index contributed by atoms with van der Waals surface area (Å²) in [4.78, 5) is 20.9. The second kappa shape index (κ2) is 5.79. The van der Waals surface area contributed by atoms with Gasteiger partial charge >= 0.3 is 0 Å². The fraction of sp³-hybridized carbons (Fsp3) is 0. The second-order valence-corrected chi connectivity index (χ2v) is 4.63. The molecule has 0 unspecified atom stereocenters. The monoisotopic (exact) mass is 339 g/mol. The first kappa shape index (κ1) is 14.1. The number of benzene rings is 2. The van der Waals surface area contributed by atoms with Crippen molar-refractivity contribution in [2.24, 2.45) is 0 Å². The average Bonchev–Trinajstić information content (AvgIpc) is 2.42. The third-order valence-electron chi connectivity index (χ3n) is 2.44. The van der Waals surface area contributed by atoms with Crippen LogP contribution in [0.2, 0.25) is 0 Å². The summed E-state index contributed by atoms with van der Waals surface area (Å²) in [5.74, 6) is -0.0829. The van der Waals surface area contributed by atoms with Crippen molar-refractivity contribution in [3.63, 3.8) is 0 Å². The van der Waals surface area contributed by atoms with Crippen LogP contribution in [0.25, 0.3) is 0 Å². The molecule has 0 fully saturated rings. The quantitative estimate of drug-likeness (QED) is 0.477. The van der Waals surface area contributed by atoms with Crippen molar-refractivity contribution in [3.8, 4) is 11.5 Å². The topological polar surface area (TPSA) is 69.4 Å². The predicted octanol–water partition coefficient (Wildman–Crippen LogP) is 4.10. The largest absolute Gasteiger partial charge is 0.456 e. The van der Waals surface area contributed by atoms with Gasteiger partial charge in [-0.25, -0.2) is 4.39 Å². The van der Waals surface area contributed by atoms with E-state index in [1.54, 1.807) is 0 Å². The number of carbonyl (C=O) groups is 1. The first-order valence-electron chi connectivity index (χ1n) is 5.38. The van der Waals surface area contributed by atoms with Crippen LogP contribution in [0.3, 0.4) is 0 Å². The molecule has 0 aliphatic heterocycles. The molecule has 0 atom stereocenters. The average molecular weight is 340 g/mol. The molecule has 102 valence electrons. The van der Waals surface area contributed by atoms with Gasteiger partial charge in [0, 0.05) is 12.1 Å². The summed E-state index contributed by atoms with van der Waals surface area (Å²) >= 11 is 3.19. The van der Waals surface area contributed by atoms with Gasteiger partial charge in [0.15, 0.2) is 6.29 Å². The van der Waals surface area contributed by atoms with E-state index in [-0.39, 0.29) is 22.7 Å². The van der Waals surface area contributed by atoms with Gasteiger partial charge in [-0.1, -0.05) is 0 Å². The van der Waals surface area contributed by atoms with Crippen LogP contribution in [0.15, 0.2) is 40.9 Å². The standard InChI is InChI=1S/C13H7BrFNO4/c14-11-3-1-9(15)6-13(11)20-10-2-4-12(16(18)19)8(5-10)7-17/h1-7H. The minimum atomic E-state index is -0.661. The number of halogens is 2. The number of hydrogen-bond acceptors (Lipinski definition) is 4. The lowest BCUT2D eigenvalue weighted by Gasteiger charge is -2.08. The summed E-state index contributed by atoms with van der Waals surface area (Å²) in [7, 11) is 0. The first-order chi connectivity index (χ1) is 9.51. The number of nitro benzene ring substituents is 1. The van der Waals surface area contributed by atoms with E-state index in [9.17, 15) is 19.3 Å². The number of aldehydes is 1. The highest BCUT2D eigenvalue weighted by atomic mass is 79.9. The van der Waals surface area contributed by atoms with Crippen molar-refractivity contribution in [1.29, 1.82) is 0 Å². The Kier molecular flexibility index (Phi) is 4.09. The second-order valence-electron chi connectivity index (χ2n) is 3.77. The predicted molar refractivity (Wildman–Crippen MR) is 72.7 cm³/mol. The van der Waals surface area contributed by atoms with Gasteiger partial charge < -0.3 is 4.74 Å². The van der Waals surface area contributed by atoms with E-state index in [1.165, 1.54) is 24.3 Å². The summed E-state index contributed by atoms with van der Waals surface area (Å²) in [6, 6.07) is 7.60. The molecule has 0 saturated heterocycles. The van der Waals surface area contributed by atoms with Crippen LogP contribution in [0.4, 0.5) is 10.1 Å². The molecule has 0 aromatic heterocycles. The lowest BCUT2D eigenvalue weighted by atomic mass is 10.2. The van der Waals surface area contributed by atoms with E-state index >= 15 is 0 Å². The highest BCUT2D eigenvalue weighted by Crippen LogP contribution is 2.32. The smallest absolute Gasteiger partial charge is 0.280 e. The number of rotatable bonds is 4. The Hall–Kier alpha value is -2.28. The Labute approximate surface area is 121 Å². The molecule has 5 nitrogen and oxygen atoms in total. The molecular formula is C13H7BrFNO4. The van der Waals surface area contributed by atoms with Gasteiger partial charge in [0.05, 0.1) is 15.0 Å². The number of ether oxygens (including phenoxy) is 1. The van der Waals surface area contributed by atoms with Gasteiger partial charge in [0.2, 0.25) is 0 Å². The van der Waals surface area contributed by atoms with Crippen molar-refractivity contribution < 1.29 is 18.8 Å². The van der Waals surface area contributed by atoms with E-state index in [0.29, 0.717) is 10.8 Å². The lowest BCUT2D eigenvalue weighted by molar-refractivity contribution is -0.385. The molecule has 2 aromatic rings. The van der Waals surface area contributed by atoms with Crippen LogP contribution in [0.5, 0.6) is 11.5 Å². The molecular weight excluding hydrogens is 333 g/mol. The Morgan fingerprint density at radius 2 is 2.00 bits per heavy atom. The van der Waals surface area contributed by atoms with Crippen LogP contribution < -0.4 is 4.74 Å². The maximum absolute atomic E-state index is 13.1. The molecule has 0 N–H and O–H groups in total. The summed E-state index contributed by atoms with van der Waals surface area (Å²) in [5.41, 5.74) is -0.425. The summed E-state index contributed by atoms with van der Waals surface area (Å²) < 4.78 is 19.0.